The third kappa shape index (κ3) is 2.58. The number of fused-ring (bicyclic) bond motifs is 1. The van der Waals surface area contributed by atoms with Crippen molar-refractivity contribution in [3.63, 3.8) is 0 Å². The summed E-state index contributed by atoms with van der Waals surface area (Å²) in [7, 11) is 1.45. The Labute approximate surface area is 118 Å². The summed E-state index contributed by atoms with van der Waals surface area (Å²) < 4.78 is 15.6. The van der Waals surface area contributed by atoms with Gasteiger partial charge in [-0.1, -0.05) is 12.5 Å². The molecule has 1 aromatic carbocycles. The maximum atomic E-state index is 11.8. The molecule has 0 bridgehead atoms. The van der Waals surface area contributed by atoms with Crippen LogP contribution in [0.5, 0.6) is 11.5 Å². The summed E-state index contributed by atoms with van der Waals surface area (Å²) in [6.07, 6.45) is 3.08. The van der Waals surface area contributed by atoms with Gasteiger partial charge in [0, 0.05) is 6.54 Å². The van der Waals surface area contributed by atoms with E-state index in [1.165, 1.54) is 7.11 Å². The molecule has 2 aliphatic heterocycles. The number of benzene rings is 1. The van der Waals surface area contributed by atoms with Crippen molar-refractivity contribution in [3.8, 4) is 11.5 Å². The molecule has 108 valence electrons. The molecule has 2 heterocycles. The largest absolute Gasteiger partial charge is 0.468 e. The van der Waals surface area contributed by atoms with E-state index >= 15 is 0 Å². The van der Waals surface area contributed by atoms with E-state index < -0.39 is 0 Å². The lowest BCUT2D eigenvalue weighted by Gasteiger charge is -2.33. The maximum Gasteiger partial charge on any atom is 0.323 e. The highest BCUT2D eigenvalue weighted by Gasteiger charge is 2.29. The molecule has 5 heteroatoms. The van der Waals surface area contributed by atoms with Crippen molar-refractivity contribution < 1.29 is 19.0 Å². The first-order valence-electron chi connectivity index (χ1n) is 6.98. The van der Waals surface area contributed by atoms with Gasteiger partial charge in [0.2, 0.25) is 6.79 Å². The zero-order valence-electron chi connectivity index (χ0n) is 11.6. The van der Waals surface area contributed by atoms with Crippen LogP contribution in [0.1, 0.15) is 24.8 Å². The van der Waals surface area contributed by atoms with Crippen molar-refractivity contribution in [3.05, 3.63) is 23.8 Å². The lowest BCUT2D eigenvalue weighted by Crippen LogP contribution is -2.44. The third-order valence-electron chi connectivity index (χ3n) is 3.91. The van der Waals surface area contributed by atoms with Gasteiger partial charge < -0.3 is 14.2 Å². The maximum absolute atomic E-state index is 11.8. The smallest absolute Gasteiger partial charge is 0.323 e. The Morgan fingerprint density at radius 2 is 2.20 bits per heavy atom. The minimum absolute atomic E-state index is 0.126. The van der Waals surface area contributed by atoms with Crippen molar-refractivity contribution in [2.45, 2.75) is 31.8 Å². The quantitative estimate of drug-likeness (QED) is 0.790. The molecule has 1 aromatic rings. The van der Waals surface area contributed by atoms with E-state index in [0.29, 0.717) is 0 Å². The molecule has 0 aromatic heterocycles. The highest BCUT2D eigenvalue weighted by molar-refractivity contribution is 5.75. The molecule has 0 saturated carbocycles. The Balaban J connectivity index is 1.73. The van der Waals surface area contributed by atoms with Crippen LogP contribution in [0.4, 0.5) is 0 Å². The Morgan fingerprint density at radius 3 is 3.05 bits per heavy atom. The van der Waals surface area contributed by atoms with Crippen LogP contribution in [0.2, 0.25) is 0 Å². The van der Waals surface area contributed by atoms with E-state index in [9.17, 15) is 4.79 Å². The van der Waals surface area contributed by atoms with Crippen LogP contribution in [0.3, 0.4) is 0 Å². The summed E-state index contributed by atoms with van der Waals surface area (Å²) >= 11 is 0. The highest BCUT2D eigenvalue weighted by atomic mass is 16.7. The summed E-state index contributed by atoms with van der Waals surface area (Å²) in [5.74, 6) is 1.44. The monoisotopic (exact) mass is 277 g/mol. The SMILES string of the molecule is COC(=O)[C@H]1CCCCN1Cc1ccc2c(c1)OCO2. The normalized spacial score (nSPS) is 21.8. The summed E-state index contributed by atoms with van der Waals surface area (Å²) in [6.45, 7) is 1.94. The second-order valence-electron chi connectivity index (χ2n) is 5.19. The van der Waals surface area contributed by atoms with Gasteiger partial charge in [0.15, 0.2) is 11.5 Å². The molecular weight excluding hydrogens is 258 g/mol. The lowest BCUT2D eigenvalue weighted by molar-refractivity contribution is -0.148. The van der Waals surface area contributed by atoms with Crippen LogP contribution in [0.15, 0.2) is 18.2 Å². The van der Waals surface area contributed by atoms with Crippen LogP contribution < -0.4 is 9.47 Å². The molecule has 20 heavy (non-hydrogen) atoms. The van der Waals surface area contributed by atoms with Gasteiger partial charge >= 0.3 is 5.97 Å². The number of likely N-dealkylation sites (tertiary alicyclic amines) is 1. The van der Waals surface area contributed by atoms with E-state index in [2.05, 4.69) is 4.90 Å². The van der Waals surface area contributed by atoms with Crippen LogP contribution >= 0.6 is 0 Å². The van der Waals surface area contributed by atoms with Crippen molar-refractivity contribution in [1.29, 1.82) is 0 Å². The molecule has 5 nitrogen and oxygen atoms in total. The van der Waals surface area contributed by atoms with Crippen LogP contribution in [0, 0.1) is 0 Å². The Hall–Kier alpha value is -1.75. The number of carbonyl (C=O) groups is 1. The molecule has 1 atom stereocenters. The van der Waals surface area contributed by atoms with Gasteiger partial charge in [-0.25, -0.2) is 0 Å². The summed E-state index contributed by atoms with van der Waals surface area (Å²) in [6, 6.07) is 5.82. The molecule has 0 amide bonds. The molecule has 0 aliphatic carbocycles. The van der Waals surface area contributed by atoms with Crippen LogP contribution in [-0.2, 0) is 16.1 Å². The fraction of sp³-hybridized carbons (Fsp3) is 0.533. The Morgan fingerprint density at radius 1 is 1.35 bits per heavy atom. The number of piperidine rings is 1. The highest BCUT2D eigenvalue weighted by Crippen LogP contribution is 2.33. The summed E-state index contributed by atoms with van der Waals surface area (Å²) in [4.78, 5) is 14.0. The molecule has 0 spiro atoms. The fourth-order valence-electron chi connectivity index (χ4n) is 2.86. The minimum atomic E-state index is -0.134. The second kappa shape index (κ2) is 5.71. The van der Waals surface area contributed by atoms with Crippen molar-refractivity contribution >= 4 is 5.97 Å². The molecule has 2 aliphatic rings. The number of ether oxygens (including phenoxy) is 3. The Kier molecular flexibility index (Phi) is 3.78. The van der Waals surface area contributed by atoms with Gasteiger partial charge in [-0.15, -0.1) is 0 Å². The molecule has 1 saturated heterocycles. The first kappa shape index (κ1) is 13.2. The molecular formula is C15H19NO4. The number of carbonyl (C=O) groups excluding carboxylic acids is 1. The zero-order valence-corrected chi connectivity index (χ0v) is 11.6. The number of esters is 1. The van der Waals surface area contributed by atoms with E-state index in [1.54, 1.807) is 0 Å². The number of hydrogen-bond acceptors (Lipinski definition) is 5. The van der Waals surface area contributed by atoms with Gasteiger partial charge in [0.25, 0.3) is 0 Å². The number of nitrogens with zero attached hydrogens (tertiary/aromatic N) is 1. The average Bonchev–Trinajstić information content (AvgIpc) is 2.94. The van der Waals surface area contributed by atoms with Gasteiger partial charge in [0.05, 0.1) is 7.11 Å². The van der Waals surface area contributed by atoms with Gasteiger partial charge in [-0.2, -0.15) is 0 Å². The number of methoxy groups -OCH3 is 1. The first-order chi connectivity index (χ1) is 9.78. The predicted molar refractivity (Wildman–Crippen MR) is 72.6 cm³/mol. The third-order valence-corrected chi connectivity index (χ3v) is 3.91. The van der Waals surface area contributed by atoms with E-state index in [1.807, 2.05) is 18.2 Å². The van der Waals surface area contributed by atoms with Gasteiger partial charge in [0.1, 0.15) is 6.04 Å². The van der Waals surface area contributed by atoms with Crippen LogP contribution in [0.25, 0.3) is 0 Å². The number of hydrogen-bond donors (Lipinski definition) is 0. The summed E-state index contributed by atoms with van der Waals surface area (Å²) in [5.41, 5.74) is 1.13. The Bertz CT molecular complexity index is 503. The second-order valence-corrected chi connectivity index (χ2v) is 5.19. The fourth-order valence-corrected chi connectivity index (χ4v) is 2.86. The first-order valence-corrected chi connectivity index (χ1v) is 6.98. The molecule has 0 unspecified atom stereocenters. The van der Waals surface area contributed by atoms with E-state index in [-0.39, 0.29) is 18.8 Å². The molecule has 0 radical (unpaired) electrons. The average molecular weight is 277 g/mol. The van der Waals surface area contributed by atoms with E-state index in [4.69, 9.17) is 14.2 Å². The standard InChI is InChI=1S/C15H19NO4/c1-18-15(17)12-4-2-3-7-16(12)9-11-5-6-13-14(8-11)20-10-19-13/h5-6,8,12H,2-4,7,9-10H2,1H3/t12-/m1/s1. The van der Waals surface area contributed by atoms with Gasteiger partial charge in [-0.05, 0) is 37.1 Å². The van der Waals surface area contributed by atoms with Crippen LogP contribution in [-0.4, -0.2) is 37.4 Å². The summed E-state index contributed by atoms with van der Waals surface area (Å²) in [5, 5.41) is 0. The zero-order chi connectivity index (χ0) is 13.9. The van der Waals surface area contributed by atoms with E-state index in [0.717, 1.165) is 49.4 Å². The predicted octanol–water partition coefficient (Wildman–Crippen LogP) is 1.94. The van der Waals surface area contributed by atoms with Crippen molar-refractivity contribution in [2.75, 3.05) is 20.4 Å². The molecule has 1 fully saturated rings. The molecule has 0 N–H and O–H groups in total. The van der Waals surface area contributed by atoms with Crippen molar-refractivity contribution in [2.24, 2.45) is 0 Å². The molecule has 3 rings (SSSR count). The number of rotatable bonds is 3. The topological polar surface area (TPSA) is 48.0 Å². The van der Waals surface area contributed by atoms with Crippen molar-refractivity contribution in [1.82, 2.24) is 4.90 Å². The van der Waals surface area contributed by atoms with Gasteiger partial charge in [-0.3, -0.25) is 9.69 Å². The lowest BCUT2D eigenvalue weighted by atomic mass is 10.0. The minimum Gasteiger partial charge on any atom is -0.468 e.